The van der Waals surface area contributed by atoms with E-state index in [0.29, 0.717) is 52.9 Å². The van der Waals surface area contributed by atoms with Gasteiger partial charge in [-0.05, 0) is 125 Å². The Bertz CT molecular complexity index is 2820. The van der Waals surface area contributed by atoms with E-state index >= 15 is 0 Å². The fraction of sp³-hybridized carbons (Fsp3) is 0.542. The third kappa shape index (κ3) is 12.9. The molecule has 1 saturated carbocycles. The number of aromatic nitrogens is 6. The first-order valence-corrected chi connectivity index (χ1v) is 28.2. The molecule has 1 aliphatic carbocycles. The number of aliphatic hydroxyl groups excluding tert-OH is 1. The molecule has 18 heteroatoms. The molecule has 3 aromatic heterocycles. The first-order valence-electron chi connectivity index (χ1n) is 28.2. The number of rotatable bonds is 17. The Morgan fingerprint density at radius 2 is 1.64 bits per heavy atom. The summed E-state index contributed by atoms with van der Waals surface area (Å²) in [6.45, 7) is 13.3. The van der Waals surface area contributed by atoms with Crippen LogP contribution in [0.15, 0.2) is 89.9 Å². The van der Waals surface area contributed by atoms with E-state index < -0.39 is 18.1 Å². The molecule has 5 aliphatic rings. The average molecular weight is 1050 g/mol. The zero-order valence-electron chi connectivity index (χ0n) is 45.3. The Morgan fingerprint density at radius 3 is 2.35 bits per heavy atom. The van der Waals surface area contributed by atoms with Gasteiger partial charge in [-0.15, -0.1) is 0 Å². The van der Waals surface area contributed by atoms with E-state index in [1.807, 2.05) is 87.1 Å². The first-order chi connectivity index (χ1) is 37.3. The van der Waals surface area contributed by atoms with Gasteiger partial charge in [0.1, 0.15) is 23.5 Å². The summed E-state index contributed by atoms with van der Waals surface area (Å²) in [5.41, 5.74) is 11.4. The molecule has 4 aliphatic heterocycles. The van der Waals surface area contributed by atoms with Crippen molar-refractivity contribution in [1.82, 2.24) is 50.1 Å². The number of amides is 2. The first kappa shape index (κ1) is 53.9. The lowest BCUT2D eigenvalue weighted by Gasteiger charge is -2.47. The summed E-state index contributed by atoms with van der Waals surface area (Å²) in [4.78, 5) is 41.8. The van der Waals surface area contributed by atoms with Crippen LogP contribution in [0.5, 0.6) is 5.75 Å². The molecule has 7 heterocycles. The number of carbonyl (C=O) groups is 2. The minimum Gasteiger partial charge on any atom is -0.507 e. The fourth-order valence-corrected chi connectivity index (χ4v) is 12.4. The number of likely N-dealkylation sites (tertiary alicyclic amines) is 3. The van der Waals surface area contributed by atoms with E-state index in [9.17, 15) is 19.8 Å². The number of para-hydroxylation sites is 1. The highest BCUT2D eigenvalue weighted by Gasteiger charge is 2.44. The molecule has 2 amide bonds. The van der Waals surface area contributed by atoms with Crippen LogP contribution in [-0.4, -0.2) is 150 Å². The Hall–Kier alpha value is -6.47. The molecule has 0 unspecified atom stereocenters. The van der Waals surface area contributed by atoms with Gasteiger partial charge in [-0.1, -0.05) is 67.6 Å². The normalized spacial score (nSPS) is 23.1. The number of aromatic hydroxyl groups is 1. The fourth-order valence-electron chi connectivity index (χ4n) is 12.4. The van der Waals surface area contributed by atoms with E-state index in [1.54, 1.807) is 35.6 Å². The molecule has 18 nitrogen and oxygen atoms in total. The van der Waals surface area contributed by atoms with Crippen molar-refractivity contribution in [3.63, 3.8) is 0 Å². The molecular weight excluding hydrogens is 973 g/mol. The predicted molar refractivity (Wildman–Crippen MR) is 298 cm³/mol. The molecule has 4 atom stereocenters. The topological polar surface area (TPSA) is 223 Å². The van der Waals surface area contributed by atoms with E-state index in [0.717, 1.165) is 119 Å². The number of aryl methyl sites for hydroxylation is 1. The molecule has 0 bridgehead atoms. The summed E-state index contributed by atoms with van der Waals surface area (Å²) in [5, 5.41) is 39.0. The third-order valence-electron chi connectivity index (χ3n) is 17.1. The monoisotopic (exact) mass is 1050 g/mol. The van der Waals surface area contributed by atoms with Crippen molar-refractivity contribution in [3.8, 4) is 28.3 Å². The molecule has 0 radical (unpaired) electrons. The molecule has 5 fully saturated rings. The SMILES string of the molecule is CC(C)[C@@H](C(=O)N1C[C@H](O)C[C@H]1C(=O)N[C@@H](C)c1ccc(-c2ccnn2C)cc1)c1cc(N2CCC(CN3CCC(OC4CC(N5CCC(C/C=C/c6cncc(-c7ccccc7O)[nH][nH]c6N)CC5)C4)CC3)CC2)no1. The number of aliphatic hydroxyl groups is 1. The number of H-pyrrole nitrogens is 2. The number of hydrogen-bond donors (Lipinski definition) is 6. The third-order valence-corrected chi connectivity index (χ3v) is 17.1. The van der Waals surface area contributed by atoms with Gasteiger partial charge in [-0.3, -0.25) is 29.5 Å². The van der Waals surface area contributed by atoms with Crippen LogP contribution < -0.4 is 16.0 Å². The van der Waals surface area contributed by atoms with Crippen molar-refractivity contribution < 1.29 is 29.1 Å². The molecular formula is C59H80N12O6. The maximum absolute atomic E-state index is 14.4. The number of allylic oxidation sites excluding steroid dienone is 1. The molecule has 10 rings (SSSR count). The van der Waals surface area contributed by atoms with Crippen molar-refractivity contribution in [3.05, 3.63) is 102 Å². The summed E-state index contributed by atoms with van der Waals surface area (Å²) < 4.78 is 14.5. The second-order valence-electron chi connectivity index (χ2n) is 22.8. The van der Waals surface area contributed by atoms with Gasteiger partial charge >= 0.3 is 0 Å². The molecule has 4 saturated heterocycles. The summed E-state index contributed by atoms with van der Waals surface area (Å²) in [6.07, 6.45) is 19.6. The van der Waals surface area contributed by atoms with Gasteiger partial charge in [-0.25, -0.2) is 0 Å². The van der Waals surface area contributed by atoms with E-state index in [1.165, 1.54) is 12.8 Å². The molecule has 2 aromatic carbocycles. The van der Waals surface area contributed by atoms with Gasteiger partial charge in [0.2, 0.25) is 11.8 Å². The van der Waals surface area contributed by atoms with Crippen LogP contribution in [0.3, 0.4) is 0 Å². The molecule has 412 valence electrons. The number of anilines is 2. The van der Waals surface area contributed by atoms with Crippen LogP contribution in [0.25, 0.3) is 28.6 Å². The van der Waals surface area contributed by atoms with Crippen molar-refractivity contribution in [2.24, 2.45) is 24.8 Å². The second kappa shape index (κ2) is 24.5. The van der Waals surface area contributed by atoms with Gasteiger partial charge < -0.3 is 50.1 Å². The van der Waals surface area contributed by atoms with Crippen LogP contribution in [-0.2, 0) is 21.4 Å². The lowest BCUT2D eigenvalue weighted by molar-refractivity contribution is -0.141. The molecule has 5 aromatic rings. The van der Waals surface area contributed by atoms with E-state index in [2.05, 4.69) is 51.5 Å². The summed E-state index contributed by atoms with van der Waals surface area (Å²) in [5.74, 6) is 1.87. The Kier molecular flexibility index (Phi) is 17.1. The lowest BCUT2D eigenvalue weighted by Crippen LogP contribution is -2.52. The maximum Gasteiger partial charge on any atom is 0.243 e. The summed E-state index contributed by atoms with van der Waals surface area (Å²) in [7, 11) is 1.90. The lowest BCUT2D eigenvalue weighted by atomic mass is 9.84. The highest BCUT2D eigenvalue weighted by Crippen LogP contribution is 2.37. The number of phenols is 1. The number of phenolic OH excluding ortho intramolecular Hbond substituents is 1. The largest absolute Gasteiger partial charge is 0.507 e. The van der Waals surface area contributed by atoms with Crippen LogP contribution in [0.2, 0.25) is 0 Å². The quantitative estimate of drug-likeness (QED) is 0.0523. The number of β-amino-alcohol motifs (C(OH)–C–C–N with tert-alkyl or cyclic N) is 1. The van der Waals surface area contributed by atoms with Crippen LogP contribution in [0, 0.1) is 17.8 Å². The van der Waals surface area contributed by atoms with Gasteiger partial charge in [0.25, 0.3) is 0 Å². The van der Waals surface area contributed by atoms with Crippen LogP contribution in [0.1, 0.15) is 114 Å². The zero-order valence-corrected chi connectivity index (χ0v) is 45.3. The van der Waals surface area contributed by atoms with Crippen molar-refractivity contribution >= 4 is 29.5 Å². The highest BCUT2D eigenvalue weighted by molar-refractivity contribution is 5.91. The number of nitrogens with one attached hydrogen (secondary N) is 3. The number of nitrogen functional groups attached to an aromatic ring is 1. The number of piperidine rings is 3. The maximum atomic E-state index is 14.4. The Balaban J connectivity index is 0.614. The number of ether oxygens (including phenoxy) is 1. The van der Waals surface area contributed by atoms with Gasteiger partial charge in [0, 0.05) is 88.4 Å². The minimum absolute atomic E-state index is 0.0891. The number of nitrogens with zero attached hydrogens (tertiary/aromatic N) is 8. The second-order valence-corrected chi connectivity index (χ2v) is 22.8. The standard InChI is InChI=1S/C59H80N12O6/c1-38(2)56(59(75)71-37-46(72)32-52(71)58(74)63-39(3)42-12-14-43(15-13-42)51-16-23-62-67(51)4)54-33-55(66-77-54)70-28-19-41(20-29-70)36-68-24-21-47(22-25-68)76-48-30-45(31-48)69-26-17-40(18-27-69)8-7-9-44-34-61-35-50(64-65-57(44)60)49-10-5-6-11-53(49)73/h5-7,9-16,23,33-35,38-41,45-48,52,56,64-65,72-73H,8,17-22,24-32,36-37,60H2,1-4H3,(H,63,74)/b9-7+,50-35?,57-44?,61-34?/t39-,45?,46+,48?,52-,56+/m0/s1. The Labute approximate surface area is 452 Å². The van der Waals surface area contributed by atoms with Crippen molar-refractivity contribution in [2.75, 3.05) is 63.0 Å². The smallest absolute Gasteiger partial charge is 0.243 e. The molecule has 77 heavy (non-hydrogen) atoms. The predicted octanol–water partition coefficient (Wildman–Crippen LogP) is 7.83. The number of nitrogens with two attached hydrogens (primary N) is 1. The van der Waals surface area contributed by atoms with Crippen LogP contribution >= 0.6 is 0 Å². The highest BCUT2D eigenvalue weighted by atomic mass is 16.5. The molecule has 0 spiro atoms. The number of hydrogen-bond acceptors (Lipinski definition) is 13. The van der Waals surface area contributed by atoms with E-state index in [4.69, 9.17) is 15.0 Å². The average Bonchev–Trinajstić information content (AvgIpc) is 4.20. The number of aromatic amines is 2. The molecule has 7 N–H and O–H groups in total. The van der Waals surface area contributed by atoms with Crippen molar-refractivity contribution in [2.45, 2.75) is 127 Å². The van der Waals surface area contributed by atoms with Gasteiger partial charge in [-0.2, -0.15) is 5.10 Å². The number of carbonyl (C=O) groups excluding carboxylic acids is 2. The summed E-state index contributed by atoms with van der Waals surface area (Å²) >= 11 is 0. The van der Waals surface area contributed by atoms with Crippen LogP contribution in [0.4, 0.5) is 11.6 Å². The van der Waals surface area contributed by atoms with Crippen molar-refractivity contribution in [1.29, 1.82) is 0 Å². The van der Waals surface area contributed by atoms with Gasteiger partial charge in [0.15, 0.2) is 11.6 Å². The minimum atomic E-state index is -0.798. The van der Waals surface area contributed by atoms with Gasteiger partial charge in [0.05, 0.1) is 41.9 Å². The Morgan fingerprint density at radius 1 is 0.896 bits per heavy atom. The number of benzene rings is 2. The summed E-state index contributed by atoms with van der Waals surface area (Å²) in [6, 6.07) is 18.5. The van der Waals surface area contributed by atoms with E-state index in [-0.39, 0.29) is 42.5 Å². The zero-order chi connectivity index (χ0) is 53.6.